The third-order valence-corrected chi connectivity index (χ3v) is 2.97. The number of aliphatic hydroxyl groups excluding tert-OH is 1. The molecule has 8 heteroatoms. The minimum absolute atomic E-state index is 0. The van der Waals surface area contributed by atoms with Crippen LogP contribution in [0.5, 0.6) is 0 Å². The zero-order valence-electron chi connectivity index (χ0n) is 15.1. The van der Waals surface area contributed by atoms with Crippen molar-refractivity contribution < 1.29 is 14.3 Å². The predicted octanol–water partition coefficient (Wildman–Crippen LogP) is 1.95. The molecule has 0 aliphatic rings. The average Bonchev–Trinajstić information content (AvgIpc) is 2.48. The molecule has 0 fully saturated rings. The molecule has 0 saturated carbocycles. The molecule has 0 spiro atoms. The number of nitrogens with zero attached hydrogens (tertiary/aromatic N) is 1. The number of aliphatic imine (C=N–C) groups is 1. The zero-order valence-corrected chi connectivity index (χ0v) is 17.4. The summed E-state index contributed by atoms with van der Waals surface area (Å²) in [5.74, 6) is -0.274. The molecule has 1 aromatic rings. The molecular weight excluding hydrogens is 438 g/mol. The fourth-order valence-electron chi connectivity index (χ4n) is 2.00. The van der Waals surface area contributed by atoms with Crippen molar-refractivity contribution in [1.82, 2.24) is 16.0 Å². The molecule has 0 saturated heterocycles. The largest absolute Gasteiger partial charge is 0.386 e. The van der Waals surface area contributed by atoms with Crippen molar-refractivity contribution >= 4 is 35.8 Å². The Hall–Kier alpha value is -1.42. The van der Waals surface area contributed by atoms with E-state index in [9.17, 15) is 14.3 Å². The van der Waals surface area contributed by atoms with Crippen molar-refractivity contribution in [2.75, 3.05) is 19.6 Å². The normalized spacial score (nSPS) is 12.8. The Kier molecular flexibility index (Phi) is 10.6. The smallest absolute Gasteiger partial charge is 0.242 e. The van der Waals surface area contributed by atoms with E-state index < -0.39 is 11.9 Å². The van der Waals surface area contributed by atoms with E-state index in [4.69, 9.17) is 0 Å². The van der Waals surface area contributed by atoms with Crippen LogP contribution in [-0.2, 0) is 4.79 Å². The lowest BCUT2D eigenvalue weighted by molar-refractivity contribution is -0.121. The summed E-state index contributed by atoms with van der Waals surface area (Å²) in [6.45, 7) is 8.20. The molecule has 25 heavy (non-hydrogen) atoms. The molecule has 1 rings (SSSR count). The zero-order chi connectivity index (χ0) is 18.2. The molecular formula is C17H28FIN4O2. The summed E-state index contributed by atoms with van der Waals surface area (Å²) >= 11 is 0. The topological polar surface area (TPSA) is 85.8 Å². The number of benzene rings is 1. The van der Waals surface area contributed by atoms with Crippen LogP contribution >= 0.6 is 24.0 Å². The molecule has 1 atom stereocenters. The average molecular weight is 466 g/mol. The molecule has 1 unspecified atom stereocenters. The molecule has 0 aliphatic heterocycles. The van der Waals surface area contributed by atoms with Gasteiger partial charge in [-0.3, -0.25) is 4.79 Å². The highest BCUT2D eigenvalue weighted by Crippen LogP contribution is 2.15. The Bertz CT molecular complexity index is 576. The lowest BCUT2D eigenvalue weighted by Crippen LogP contribution is -2.43. The number of nitrogens with one attached hydrogen (secondary N) is 3. The van der Waals surface area contributed by atoms with Crippen LogP contribution in [0.4, 0.5) is 4.39 Å². The third kappa shape index (κ3) is 9.59. The van der Waals surface area contributed by atoms with Gasteiger partial charge in [0.2, 0.25) is 5.91 Å². The number of aliphatic hydroxyl groups is 1. The van der Waals surface area contributed by atoms with Crippen LogP contribution in [0, 0.1) is 5.82 Å². The van der Waals surface area contributed by atoms with Crippen molar-refractivity contribution in [2.24, 2.45) is 4.99 Å². The quantitative estimate of drug-likeness (QED) is 0.294. The first-order chi connectivity index (χ1) is 11.2. The van der Waals surface area contributed by atoms with Gasteiger partial charge < -0.3 is 21.1 Å². The maximum atomic E-state index is 13.6. The van der Waals surface area contributed by atoms with Crippen molar-refractivity contribution in [1.29, 1.82) is 0 Å². The molecule has 4 N–H and O–H groups in total. The van der Waals surface area contributed by atoms with Crippen LogP contribution in [0.1, 0.15) is 39.4 Å². The van der Waals surface area contributed by atoms with Crippen LogP contribution in [0.3, 0.4) is 0 Å². The van der Waals surface area contributed by atoms with Gasteiger partial charge in [0.05, 0.1) is 6.10 Å². The van der Waals surface area contributed by atoms with E-state index in [0.29, 0.717) is 12.5 Å². The first-order valence-electron chi connectivity index (χ1n) is 7.98. The Morgan fingerprint density at radius 2 is 1.92 bits per heavy atom. The summed E-state index contributed by atoms with van der Waals surface area (Å²) in [5, 5.41) is 18.8. The monoisotopic (exact) mass is 466 g/mol. The van der Waals surface area contributed by atoms with Crippen molar-refractivity contribution in [3.63, 3.8) is 0 Å². The second kappa shape index (κ2) is 11.2. The van der Waals surface area contributed by atoms with Gasteiger partial charge in [0.1, 0.15) is 12.4 Å². The summed E-state index contributed by atoms with van der Waals surface area (Å²) in [6.07, 6.45) is -1.02. The lowest BCUT2D eigenvalue weighted by Gasteiger charge is -2.20. The van der Waals surface area contributed by atoms with Gasteiger partial charge in [-0.25, -0.2) is 9.38 Å². The fraction of sp³-hybridized carbons (Fsp3) is 0.529. The van der Waals surface area contributed by atoms with E-state index in [1.165, 1.54) is 12.1 Å². The molecule has 0 radical (unpaired) electrons. The molecule has 0 aliphatic carbocycles. The first-order valence-corrected chi connectivity index (χ1v) is 7.98. The van der Waals surface area contributed by atoms with Gasteiger partial charge >= 0.3 is 0 Å². The number of hydrogen-bond donors (Lipinski definition) is 4. The van der Waals surface area contributed by atoms with Gasteiger partial charge in [-0.05, 0) is 33.8 Å². The Balaban J connectivity index is 0.00000576. The van der Waals surface area contributed by atoms with Crippen LogP contribution in [0.2, 0.25) is 0 Å². The maximum Gasteiger partial charge on any atom is 0.242 e. The Morgan fingerprint density at radius 1 is 1.28 bits per heavy atom. The summed E-state index contributed by atoms with van der Waals surface area (Å²) in [6, 6.07) is 6.06. The summed E-state index contributed by atoms with van der Waals surface area (Å²) in [4.78, 5) is 16.0. The predicted molar refractivity (Wildman–Crippen MR) is 109 cm³/mol. The summed E-state index contributed by atoms with van der Waals surface area (Å²) in [7, 11) is 0. The lowest BCUT2D eigenvalue weighted by atomic mass is 10.1. The highest BCUT2D eigenvalue weighted by Gasteiger charge is 2.14. The number of halogens is 2. The van der Waals surface area contributed by atoms with Crippen molar-refractivity contribution in [2.45, 2.75) is 39.3 Å². The van der Waals surface area contributed by atoms with E-state index in [0.717, 1.165) is 0 Å². The number of carbonyl (C=O) groups is 1. The first kappa shape index (κ1) is 23.6. The SMILES string of the molecule is CCNC(=NCC(=O)NC(C)(C)C)NCC(O)c1ccccc1F.I. The van der Waals surface area contributed by atoms with E-state index in [1.54, 1.807) is 12.1 Å². The van der Waals surface area contributed by atoms with Crippen molar-refractivity contribution in [3.8, 4) is 0 Å². The molecule has 0 bridgehead atoms. The molecule has 0 heterocycles. The number of guanidine groups is 1. The second-order valence-corrected chi connectivity index (χ2v) is 6.41. The third-order valence-electron chi connectivity index (χ3n) is 2.97. The van der Waals surface area contributed by atoms with Gasteiger partial charge in [-0.2, -0.15) is 0 Å². The summed E-state index contributed by atoms with van der Waals surface area (Å²) < 4.78 is 13.6. The Labute approximate surface area is 165 Å². The van der Waals surface area contributed by atoms with E-state index in [2.05, 4.69) is 20.9 Å². The van der Waals surface area contributed by atoms with Gasteiger partial charge in [0.25, 0.3) is 0 Å². The number of rotatable bonds is 6. The second-order valence-electron chi connectivity index (χ2n) is 6.41. The highest BCUT2D eigenvalue weighted by molar-refractivity contribution is 14.0. The molecule has 142 valence electrons. The minimum Gasteiger partial charge on any atom is -0.386 e. The number of amides is 1. The Morgan fingerprint density at radius 3 is 2.48 bits per heavy atom. The van der Waals surface area contributed by atoms with Gasteiger partial charge in [-0.15, -0.1) is 24.0 Å². The maximum absolute atomic E-state index is 13.6. The fourth-order valence-corrected chi connectivity index (χ4v) is 2.00. The molecule has 0 aromatic heterocycles. The highest BCUT2D eigenvalue weighted by atomic mass is 127. The van der Waals surface area contributed by atoms with E-state index in [1.807, 2.05) is 27.7 Å². The summed E-state index contributed by atoms with van der Waals surface area (Å²) in [5.41, 5.74) is -0.106. The number of hydrogen-bond acceptors (Lipinski definition) is 3. The van der Waals surface area contributed by atoms with Gasteiger partial charge in [0.15, 0.2) is 5.96 Å². The molecule has 1 aromatic carbocycles. The van der Waals surface area contributed by atoms with Crippen LogP contribution in [0.25, 0.3) is 0 Å². The number of carbonyl (C=O) groups excluding carboxylic acids is 1. The van der Waals surface area contributed by atoms with Crippen LogP contribution in [0.15, 0.2) is 29.3 Å². The van der Waals surface area contributed by atoms with E-state index >= 15 is 0 Å². The molecule has 1 amide bonds. The van der Waals surface area contributed by atoms with Crippen LogP contribution in [-0.4, -0.2) is 42.1 Å². The van der Waals surface area contributed by atoms with Crippen molar-refractivity contribution in [3.05, 3.63) is 35.6 Å². The van der Waals surface area contributed by atoms with Crippen LogP contribution < -0.4 is 16.0 Å². The standard InChI is InChI=1S/C17H27FN4O2.HI/c1-5-19-16(21-11-15(24)22-17(2,3)4)20-10-14(23)12-8-6-7-9-13(12)18;/h6-9,14,23H,5,10-11H2,1-4H3,(H,22,24)(H2,19,20,21);1H. The minimum atomic E-state index is -1.02. The van der Waals surface area contributed by atoms with Gasteiger partial charge in [0, 0.05) is 24.2 Å². The molecule has 6 nitrogen and oxygen atoms in total. The van der Waals surface area contributed by atoms with Gasteiger partial charge in [-0.1, -0.05) is 18.2 Å². The van der Waals surface area contributed by atoms with E-state index in [-0.39, 0.29) is 54.1 Å².